The summed E-state index contributed by atoms with van der Waals surface area (Å²) in [4.78, 5) is 11.7. The summed E-state index contributed by atoms with van der Waals surface area (Å²) in [5, 5.41) is 4.63. The fourth-order valence-electron chi connectivity index (χ4n) is 1.45. The van der Waals surface area contributed by atoms with E-state index in [9.17, 15) is 4.79 Å². The number of halogens is 1. The zero-order valence-electron chi connectivity index (χ0n) is 8.70. The van der Waals surface area contributed by atoms with Crippen LogP contribution in [0.4, 0.5) is 0 Å². The number of carbonyl (C=O) groups is 1. The highest BCUT2D eigenvalue weighted by Gasteiger charge is 2.10. The van der Waals surface area contributed by atoms with Gasteiger partial charge in [-0.2, -0.15) is 0 Å². The number of alkyl halides is 1. The van der Waals surface area contributed by atoms with Crippen molar-refractivity contribution in [2.75, 3.05) is 11.9 Å². The molecular formula is C12H12BrNO2. The molecule has 0 unspecified atom stereocenters. The van der Waals surface area contributed by atoms with Crippen LogP contribution in [0.5, 0.6) is 0 Å². The van der Waals surface area contributed by atoms with E-state index in [1.54, 1.807) is 6.07 Å². The largest absolute Gasteiger partial charge is 0.451 e. The Labute approximate surface area is 102 Å². The van der Waals surface area contributed by atoms with Gasteiger partial charge in [0.2, 0.25) is 0 Å². The predicted molar refractivity (Wildman–Crippen MR) is 67.0 cm³/mol. The van der Waals surface area contributed by atoms with E-state index in [-0.39, 0.29) is 5.91 Å². The fourth-order valence-corrected chi connectivity index (χ4v) is 1.73. The van der Waals surface area contributed by atoms with Crippen LogP contribution < -0.4 is 5.32 Å². The molecule has 3 nitrogen and oxygen atoms in total. The molecule has 0 saturated heterocycles. The Morgan fingerprint density at radius 1 is 1.38 bits per heavy atom. The molecule has 2 aromatic rings. The van der Waals surface area contributed by atoms with Crippen molar-refractivity contribution in [1.29, 1.82) is 0 Å². The van der Waals surface area contributed by atoms with E-state index in [0.717, 1.165) is 22.7 Å². The first kappa shape index (κ1) is 11.2. The molecule has 2 rings (SSSR count). The molecule has 4 heteroatoms. The predicted octanol–water partition coefficient (Wildman–Crippen LogP) is 2.95. The van der Waals surface area contributed by atoms with E-state index in [1.165, 1.54) is 0 Å². The van der Waals surface area contributed by atoms with Gasteiger partial charge < -0.3 is 9.73 Å². The average Bonchev–Trinajstić information content (AvgIpc) is 2.73. The topological polar surface area (TPSA) is 42.2 Å². The lowest BCUT2D eigenvalue weighted by Crippen LogP contribution is -2.24. The number of amides is 1. The smallest absolute Gasteiger partial charge is 0.287 e. The van der Waals surface area contributed by atoms with Gasteiger partial charge >= 0.3 is 0 Å². The van der Waals surface area contributed by atoms with E-state index in [2.05, 4.69) is 21.2 Å². The minimum absolute atomic E-state index is 0.155. The summed E-state index contributed by atoms with van der Waals surface area (Å²) in [7, 11) is 0. The SMILES string of the molecule is O=C(NCCCBr)c1cc2ccccc2o1. The summed E-state index contributed by atoms with van der Waals surface area (Å²) in [6, 6.07) is 9.35. The highest BCUT2D eigenvalue weighted by Crippen LogP contribution is 2.18. The van der Waals surface area contributed by atoms with Crippen molar-refractivity contribution < 1.29 is 9.21 Å². The van der Waals surface area contributed by atoms with Crippen LogP contribution in [0.3, 0.4) is 0 Å². The maximum atomic E-state index is 11.7. The zero-order valence-corrected chi connectivity index (χ0v) is 10.3. The van der Waals surface area contributed by atoms with Gasteiger partial charge in [-0.3, -0.25) is 4.79 Å². The normalized spacial score (nSPS) is 10.6. The van der Waals surface area contributed by atoms with Gasteiger partial charge in [-0.05, 0) is 18.6 Å². The van der Waals surface area contributed by atoms with Gasteiger partial charge in [0.05, 0.1) is 0 Å². The molecule has 1 amide bonds. The number of furan rings is 1. The summed E-state index contributed by atoms with van der Waals surface area (Å²) in [5.41, 5.74) is 0.744. The lowest BCUT2D eigenvalue weighted by atomic mass is 10.2. The molecule has 0 atom stereocenters. The third-order valence-electron chi connectivity index (χ3n) is 2.25. The Morgan fingerprint density at radius 2 is 2.19 bits per heavy atom. The maximum absolute atomic E-state index is 11.7. The van der Waals surface area contributed by atoms with Crippen molar-refractivity contribution in [1.82, 2.24) is 5.32 Å². The molecule has 0 aliphatic carbocycles. The number of hydrogen-bond donors (Lipinski definition) is 1. The molecule has 16 heavy (non-hydrogen) atoms. The summed E-state index contributed by atoms with van der Waals surface area (Å²) in [5.74, 6) is 0.216. The van der Waals surface area contributed by atoms with Gasteiger partial charge in [0.15, 0.2) is 5.76 Å². The Hall–Kier alpha value is -1.29. The van der Waals surface area contributed by atoms with Gasteiger partial charge in [-0.1, -0.05) is 34.1 Å². The highest BCUT2D eigenvalue weighted by atomic mass is 79.9. The molecule has 1 aromatic heterocycles. The van der Waals surface area contributed by atoms with Crippen molar-refractivity contribution in [2.45, 2.75) is 6.42 Å². The number of nitrogens with one attached hydrogen (secondary N) is 1. The van der Waals surface area contributed by atoms with Gasteiger partial charge in [-0.25, -0.2) is 0 Å². The van der Waals surface area contributed by atoms with Crippen molar-refractivity contribution in [3.63, 3.8) is 0 Å². The molecule has 1 N–H and O–H groups in total. The minimum Gasteiger partial charge on any atom is -0.451 e. The van der Waals surface area contributed by atoms with Gasteiger partial charge in [0.25, 0.3) is 5.91 Å². The number of hydrogen-bond acceptors (Lipinski definition) is 2. The second-order valence-electron chi connectivity index (χ2n) is 3.45. The van der Waals surface area contributed by atoms with Crippen LogP contribution in [0.2, 0.25) is 0 Å². The molecule has 0 spiro atoms. The van der Waals surface area contributed by atoms with Crippen molar-refractivity contribution in [3.8, 4) is 0 Å². The number of fused-ring (bicyclic) bond motifs is 1. The van der Waals surface area contributed by atoms with Crippen LogP contribution >= 0.6 is 15.9 Å². The quantitative estimate of drug-likeness (QED) is 0.692. The summed E-state index contributed by atoms with van der Waals surface area (Å²) in [6.07, 6.45) is 0.909. The molecule has 0 saturated carbocycles. The van der Waals surface area contributed by atoms with E-state index >= 15 is 0 Å². The second kappa shape index (κ2) is 5.16. The lowest BCUT2D eigenvalue weighted by Gasteiger charge is -1.99. The van der Waals surface area contributed by atoms with Crippen LogP contribution in [-0.4, -0.2) is 17.8 Å². The second-order valence-corrected chi connectivity index (χ2v) is 4.24. The molecule has 1 heterocycles. The van der Waals surface area contributed by atoms with E-state index in [1.807, 2.05) is 24.3 Å². The van der Waals surface area contributed by atoms with Gasteiger partial charge in [0.1, 0.15) is 5.58 Å². The van der Waals surface area contributed by atoms with Crippen molar-refractivity contribution in [2.24, 2.45) is 0 Å². The Bertz CT molecular complexity index is 459. The fraction of sp³-hybridized carbons (Fsp3) is 0.250. The van der Waals surface area contributed by atoms with Crippen LogP contribution in [0.1, 0.15) is 17.0 Å². The van der Waals surface area contributed by atoms with Gasteiger partial charge in [0, 0.05) is 17.3 Å². The standard InChI is InChI=1S/C12H12BrNO2/c13-6-3-7-14-12(15)11-8-9-4-1-2-5-10(9)16-11/h1-2,4-5,8H,3,6-7H2,(H,14,15). The molecule has 0 radical (unpaired) electrons. The van der Waals surface area contributed by atoms with Crippen molar-refractivity contribution in [3.05, 3.63) is 36.1 Å². The van der Waals surface area contributed by atoms with Crippen molar-refractivity contribution >= 4 is 32.8 Å². The van der Waals surface area contributed by atoms with Crippen LogP contribution in [-0.2, 0) is 0 Å². The molecule has 0 aliphatic heterocycles. The Kier molecular flexibility index (Phi) is 3.62. The third kappa shape index (κ3) is 2.44. The van der Waals surface area contributed by atoms with E-state index < -0.39 is 0 Å². The first-order valence-corrected chi connectivity index (χ1v) is 6.26. The highest BCUT2D eigenvalue weighted by molar-refractivity contribution is 9.09. The maximum Gasteiger partial charge on any atom is 0.287 e. The monoisotopic (exact) mass is 281 g/mol. The summed E-state index contributed by atoms with van der Waals surface area (Å²) in [6.45, 7) is 0.654. The van der Waals surface area contributed by atoms with Crippen LogP contribution in [0.15, 0.2) is 34.7 Å². The molecule has 84 valence electrons. The molecule has 0 fully saturated rings. The number of rotatable bonds is 4. The lowest BCUT2D eigenvalue weighted by molar-refractivity contribution is 0.0928. The minimum atomic E-state index is -0.155. The Morgan fingerprint density at radius 3 is 2.94 bits per heavy atom. The average molecular weight is 282 g/mol. The zero-order chi connectivity index (χ0) is 11.4. The first-order valence-electron chi connectivity index (χ1n) is 5.14. The molecular weight excluding hydrogens is 270 g/mol. The summed E-state index contributed by atoms with van der Waals surface area (Å²) < 4.78 is 5.44. The van der Waals surface area contributed by atoms with Crippen LogP contribution in [0.25, 0.3) is 11.0 Å². The first-order chi connectivity index (χ1) is 7.81. The molecule has 0 bridgehead atoms. The molecule has 0 aliphatic rings. The third-order valence-corrected chi connectivity index (χ3v) is 2.81. The van der Waals surface area contributed by atoms with Gasteiger partial charge in [-0.15, -0.1) is 0 Å². The number of carbonyl (C=O) groups excluding carboxylic acids is 1. The number of para-hydroxylation sites is 1. The Balaban J connectivity index is 2.11. The number of benzene rings is 1. The van der Waals surface area contributed by atoms with Crippen LogP contribution in [0, 0.1) is 0 Å². The molecule has 1 aromatic carbocycles. The van der Waals surface area contributed by atoms with E-state index in [0.29, 0.717) is 12.3 Å². The van der Waals surface area contributed by atoms with E-state index in [4.69, 9.17) is 4.42 Å². The summed E-state index contributed by atoms with van der Waals surface area (Å²) >= 11 is 3.31.